The minimum absolute atomic E-state index is 0.0942. The Morgan fingerprint density at radius 1 is 1.23 bits per heavy atom. The molecule has 1 aromatic heterocycles. The summed E-state index contributed by atoms with van der Waals surface area (Å²) in [6.07, 6.45) is 9.06. The van der Waals surface area contributed by atoms with Crippen molar-refractivity contribution < 1.29 is 13.2 Å². The predicted octanol–water partition coefficient (Wildman–Crippen LogP) is 3.78. The van der Waals surface area contributed by atoms with Crippen molar-refractivity contribution in [3.05, 3.63) is 53.1 Å². The van der Waals surface area contributed by atoms with Crippen LogP contribution in [0.3, 0.4) is 0 Å². The lowest BCUT2D eigenvalue weighted by Crippen LogP contribution is -2.22. The van der Waals surface area contributed by atoms with E-state index in [1.54, 1.807) is 0 Å². The molecule has 1 saturated heterocycles. The van der Waals surface area contributed by atoms with E-state index in [-0.39, 0.29) is 28.9 Å². The molecule has 1 fully saturated rings. The van der Waals surface area contributed by atoms with Crippen LogP contribution in [0.4, 0.5) is 5.69 Å². The molecule has 7 nitrogen and oxygen atoms in total. The van der Waals surface area contributed by atoms with Gasteiger partial charge in [-0.1, -0.05) is 12.1 Å². The summed E-state index contributed by atoms with van der Waals surface area (Å²) >= 11 is 0. The molecule has 2 N–H and O–H groups in total. The first-order valence-corrected chi connectivity index (χ1v) is 12.1. The number of carbonyl (C=O) groups is 1. The van der Waals surface area contributed by atoms with E-state index in [1.165, 1.54) is 11.8 Å². The van der Waals surface area contributed by atoms with Gasteiger partial charge in [0.15, 0.2) is 5.82 Å². The second-order valence-electron chi connectivity index (χ2n) is 7.92. The van der Waals surface area contributed by atoms with E-state index in [2.05, 4.69) is 27.4 Å². The number of nitriles is 1. The van der Waals surface area contributed by atoms with Crippen LogP contribution in [-0.4, -0.2) is 35.8 Å². The van der Waals surface area contributed by atoms with Crippen molar-refractivity contribution in [2.24, 2.45) is 0 Å². The van der Waals surface area contributed by atoms with E-state index in [4.69, 9.17) is 5.26 Å². The zero-order chi connectivity index (χ0) is 21.1. The van der Waals surface area contributed by atoms with Gasteiger partial charge in [-0.3, -0.25) is 4.79 Å². The number of imidazole rings is 1. The van der Waals surface area contributed by atoms with Gasteiger partial charge in [-0.25, -0.2) is 13.4 Å². The predicted molar refractivity (Wildman–Crippen MR) is 115 cm³/mol. The number of aromatic nitrogens is 2. The number of benzene rings is 1. The molecule has 0 spiro atoms. The molecule has 30 heavy (non-hydrogen) atoms. The maximum Gasteiger partial charge on any atom is 0.291 e. The molecule has 1 aliphatic heterocycles. The highest BCUT2D eigenvalue weighted by atomic mass is 32.2. The normalized spacial score (nSPS) is 19.0. The lowest BCUT2D eigenvalue weighted by atomic mass is 9.87. The third-order valence-electron chi connectivity index (χ3n) is 5.87. The van der Waals surface area contributed by atoms with Gasteiger partial charge in [0.25, 0.3) is 5.91 Å². The SMILES string of the molecule is N#Cc1cnc(C(=O)Nc2ccc(C3CCS(=O)(=O)CC3)cc2C2=CCCCC2)[nH]1. The number of amides is 1. The van der Waals surface area contributed by atoms with Gasteiger partial charge in [0.1, 0.15) is 21.6 Å². The summed E-state index contributed by atoms with van der Waals surface area (Å²) in [6, 6.07) is 7.92. The Morgan fingerprint density at radius 3 is 2.70 bits per heavy atom. The van der Waals surface area contributed by atoms with Crippen LogP contribution in [0.15, 0.2) is 30.5 Å². The highest BCUT2D eigenvalue weighted by Gasteiger charge is 2.26. The smallest absolute Gasteiger partial charge is 0.291 e. The zero-order valence-corrected chi connectivity index (χ0v) is 17.5. The van der Waals surface area contributed by atoms with Crippen LogP contribution in [0.25, 0.3) is 5.57 Å². The Kier molecular flexibility index (Phi) is 5.73. The summed E-state index contributed by atoms with van der Waals surface area (Å²) in [6.45, 7) is 0. The zero-order valence-electron chi connectivity index (χ0n) is 16.6. The molecule has 0 unspecified atom stereocenters. The van der Waals surface area contributed by atoms with Crippen LogP contribution in [0, 0.1) is 11.3 Å². The average molecular weight is 425 g/mol. The van der Waals surface area contributed by atoms with Crippen LogP contribution in [0.5, 0.6) is 0 Å². The highest BCUT2D eigenvalue weighted by Crippen LogP contribution is 2.36. The van der Waals surface area contributed by atoms with Gasteiger partial charge in [0.05, 0.1) is 17.7 Å². The molecule has 0 atom stereocenters. The summed E-state index contributed by atoms with van der Waals surface area (Å²) in [5.41, 5.74) is 4.25. The lowest BCUT2D eigenvalue weighted by molar-refractivity contribution is 0.101. The molecule has 1 amide bonds. The number of H-pyrrole nitrogens is 1. The van der Waals surface area contributed by atoms with Crippen molar-refractivity contribution in [1.29, 1.82) is 5.26 Å². The molecule has 2 heterocycles. The largest absolute Gasteiger partial charge is 0.326 e. The van der Waals surface area contributed by atoms with E-state index in [9.17, 15) is 13.2 Å². The van der Waals surface area contributed by atoms with Crippen LogP contribution in [0.1, 0.15) is 71.9 Å². The van der Waals surface area contributed by atoms with Crippen LogP contribution in [-0.2, 0) is 9.84 Å². The number of rotatable bonds is 4. The van der Waals surface area contributed by atoms with Gasteiger partial charge < -0.3 is 10.3 Å². The van der Waals surface area contributed by atoms with Crippen molar-refractivity contribution in [3.63, 3.8) is 0 Å². The quantitative estimate of drug-likeness (QED) is 0.775. The molecule has 0 radical (unpaired) electrons. The fraction of sp³-hybridized carbons (Fsp3) is 0.409. The Hall–Kier alpha value is -2.92. The number of anilines is 1. The Labute approximate surface area is 176 Å². The molecule has 156 valence electrons. The molecular formula is C22H24N4O3S. The standard InChI is InChI=1S/C22H24N4O3S/c23-13-18-14-24-21(25-18)22(27)26-20-7-6-17(15-8-10-30(28,29)11-9-15)12-19(20)16-4-2-1-3-5-16/h4,6-7,12,14-15H,1-3,5,8-11H2,(H,24,25)(H,26,27). The molecule has 2 aliphatic rings. The maximum atomic E-state index is 12.6. The highest BCUT2D eigenvalue weighted by molar-refractivity contribution is 7.91. The molecule has 0 bridgehead atoms. The maximum absolute atomic E-state index is 12.6. The number of sulfone groups is 1. The van der Waals surface area contributed by atoms with Crippen LogP contribution in [0.2, 0.25) is 0 Å². The summed E-state index contributed by atoms with van der Waals surface area (Å²) < 4.78 is 23.6. The van der Waals surface area contributed by atoms with Gasteiger partial charge >= 0.3 is 0 Å². The summed E-state index contributed by atoms with van der Waals surface area (Å²) in [4.78, 5) is 19.3. The third-order valence-corrected chi connectivity index (χ3v) is 7.58. The number of hydrogen-bond donors (Lipinski definition) is 2. The van der Waals surface area contributed by atoms with E-state index >= 15 is 0 Å². The molecule has 2 aromatic rings. The number of carbonyl (C=O) groups excluding carboxylic acids is 1. The molecule has 1 aliphatic carbocycles. The Bertz CT molecular complexity index is 1130. The van der Waals surface area contributed by atoms with E-state index in [1.807, 2.05) is 18.2 Å². The number of nitrogens with one attached hydrogen (secondary N) is 2. The van der Waals surface area contributed by atoms with Gasteiger partial charge in [0.2, 0.25) is 0 Å². The third kappa shape index (κ3) is 4.46. The second-order valence-corrected chi connectivity index (χ2v) is 10.2. The van der Waals surface area contributed by atoms with E-state index in [0.29, 0.717) is 18.5 Å². The first-order chi connectivity index (χ1) is 14.4. The minimum Gasteiger partial charge on any atom is -0.326 e. The van der Waals surface area contributed by atoms with Crippen molar-refractivity contribution in [3.8, 4) is 6.07 Å². The summed E-state index contributed by atoms with van der Waals surface area (Å²) in [7, 11) is -2.91. The van der Waals surface area contributed by atoms with Gasteiger partial charge in [-0.05, 0) is 67.7 Å². The first kappa shape index (κ1) is 20.4. The van der Waals surface area contributed by atoms with Crippen molar-refractivity contribution in [2.75, 3.05) is 16.8 Å². The van der Waals surface area contributed by atoms with Gasteiger partial charge in [-0.15, -0.1) is 0 Å². The Morgan fingerprint density at radius 2 is 2.03 bits per heavy atom. The van der Waals surface area contributed by atoms with Gasteiger partial charge in [0, 0.05) is 11.3 Å². The molecule has 8 heteroatoms. The number of nitrogens with zero attached hydrogens (tertiary/aromatic N) is 2. The number of allylic oxidation sites excluding steroid dienone is 2. The second kappa shape index (κ2) is 8.44. The minimum atomic E-state index is -2.91. The van der Waals surface area contributed by atoms with E-state index in [0.717, 1.165) is 36.8 Å². The van der Waals surface area contributed by atoms with E-state index < -0.39 is 15.7 Å². The number of aromatic amines is 1. The molecule has 4 rings (SSSR count). The molecule has 1 aromatic carbocycles. The summed E-state index contributed by atoms with van der Waals surface area (Å²) in [5, 5.41) is 11.9. The fourth-order valence-electron chi connectivity index (χ4n) is 4.17. The van der Waals surface area contributed by atoms with Crippen molar-refractivity contribution >= 4 is 27.0 Å². The summed E-state index contributed by atoms with van der Waals surface area (Å²) in [5.74, 6) is 0.369. The number of hydrogen-bond acceptors (Lipinski definition) is 5. The topological polar surface area (TPSA) is 116 Å². The van der Waals surface area contributed by atoms with Crippen LogP contribution >= 0.6 is 0 Å². The van der Waals surface area contributed by atoms with Crippen LogP contribution < -0.4 is 5.32 Å². The van der Waals surface area contributed by atoms with Gasteiger partial charge in [-0.2, -0.15) is 5.26 Å². The van der Waals surface area contributed by atoms with Crippen molar-refractivity contribution in [2.45, 2.75) is 44.4 Å². The average Bonchev–Trinajstić information content (AvgIpc) is 3.24. The molecular weight excluding hydrogens is 400 g/mol. The lowest BCUT2D eigenvalue weighted by Gasteiger charge is -2.24. The van der Waals surface area contributed by atoms with Crippen molar-refractivity contribution in [1.82, 2.24) is 9.97 Å². The Balaban J connectivity index is 1.63. The first-order valence-electron chi connectivity index (χ1n) is 10.3. The fourth-order valence-corrected chi connectivity index (χ4v) is 5.66. The monoisotopic (exact) mass is 424 g/mol. The molecule has 0 saturated carbocycles.